The van der Waals surface area contributed by atoms with Gasteiger partial charge >= 0.3 is 0 Å². The van der Waals surface area contributed by atoms with Crippen LogP contribution in [-0.4, -0.2) is 5.75 Å². The van der Waals surface area contributed by atoms with Gasteiger partial charge in [-0.05, 0) is 31.5 Å². The maximum atomic E-state index is 2.39. The van der Waals surface area contributed by atoms with E-state index in [1.165, 1.54) is 32.2 Å². The van der Waals surface area contributed by atoms with E-state index in [9.17, 15) is 0 Å². The topological polar surface area (TPSA) is 0 Å². The zero-order valence-electron chi connectivity index (χ0n) is 13.6. The number of hydrogen-bond donors (Lipinski definition) is 0. The molecule has 0 nitrogen and oxygen atoms in total. The number of fused-ring (bicyclic) bond motifs is 2. The van der Waals surface area contributed by atoms with Gasteiger partial charge in [0.15, 0.2) is 9.79 Å². The lowest BCUT2D eigenvalue weighted by Crippen LogP contribution is -2.34. The molecule has 3 aromatic rings. The highest BCUT2D eigenvalue weighted by atomic mass is 32.2. The van der Waals surface area contributed by atoms with E-state index in [4.69, 9.17) is 0 Å². The van der Waals surface area contributed by atoms with Crippen molar-refractivity contribution in [3.63, 3.8) is 0 Å². The van der Waals surface area contributed by atoms with Gasteiger partial charge in [0.2, 0.25) is 0 Å². The lowest BCUT2D eigenvalue weighted by atomic mass is 9.71. The van der Waals surface area contributed by atoms with Crippen LogP contribution in [0.3, 0.4) is 0 Å². The van der Waals surface area contributed by atoms with Gasteiger partial charge in [0.25, 0.3) is 0 Å². The van der Waals surface area contributed by atoms with Gasteiger partial charge in [0, 0.05) is 11.1 Å². The van der Waals surface area contributed by atoms with Crippen LogP contribution in [0.25, 0.3) is 0 Å². The van der Waals surface area contributed by atoms with Gasteiger partial charge < -0.3 is 0 Å². The fourth-order valence-electron chi connectivity index (χ4n) is 3.85. The first kappa shape index (κ1) is 14.6. The van der Waals surface area contributed by atoms with Crippen LogP contribution in [0.4, 0.5) is 0 Å². The zero-order chi connectivity index (χ0) is 15.9. The Morgan fingerprint density at radius 3 is 1.70 bits per heavy atom. The number of benzene rings is 3. The molecule has 0 bridgehead atoms. The molecule has 0 aromatic heterocycles. The van der Waals surface area contributed by atoms with Crippen molar-refractivity contribution >= 4 is 10.9 Å². The zero-order valence-corrected chi connectivity index (χ0v) is 14.4. The van der Waals surface area contributed by atoms with Gasteiger partial charge in [-0.15, -0.1) is 0 Å². The Hall–Kier alpha value is -1.99. The molecule has 1 aliphatic rings. The van der Waals surface area contributed by atoms with E-state index >= 15 is 0 Å². The third kappa shape index (κ3) is 2.07. The molecule has 0 spiro atoms. The van der Waals surface area contributed by atoms with Gasteiger partial charge in [0.1, 0.15) is 5.75 Å². The maximum Gasteiger partial charge on any atom is 0.165 e. The summed E-state index contributed by atoms with van der Waals surface area (Å²) in [5, 5.41) is 0. The summed E-state index contributed by atoms with van der Waals surface area (Å²) in [6, 6.07) is 29.0. The quantitative estimate of drug-likeness (QED) is 0.554. The second-order valence-corrected chi connectivity index (χ2v) is 8.40. The molecule has 1 heteroatoms. The van der Waals surface area contributed by atoms with Gasteiger partial charge in [-0.1, -0.05) is 66.7 Å². The Labute approximate surface area is 141 Å². The average Bonchev–Trinajstić information content (AvgIpc) is 2.63. The normalized spacial score (nSPS) is 22.3. The predicted molar refractivity (Wildman–Crippen MR) is 99.3 cm³/mol. The van der Waals surface area contributed by atoms with Crippen molar-refractivity contribution in [3.8, 4) is 0 Å². The molecule has 0 fully saturated rings. The first-order valence-electron chi connectivity index (χ1n) is 8.22. The minimum Gasteiger partial charge on any atom is -0.0622 e. The highest BCUT2D eigenvalue weighted by Gasteiger charge is 2.46. The van der Waals surface area contributed by atoms with E-state index < -0.39 is 0 Å². The third-order valence-corrected chi connectivity index (χ3v) is 7.37. The lowest BCUT2D eigenvalue weighted by Gasteiger charge is -2.36. The van der Waals surface area contributed by atoms with E-state index in [-0.39, 0.29) is 16.3 Å². The van der Waals surface area contributed by atoms with Crippen LogP contribution in [0.15, 0.2) is 88.7 Å². The molecule has 1 heterocycles. The van der Waals surface area contributed by atoms with Crippen molar-refractivity contribution in [2.45, 2.75) is 29.1 Å². The van der Waals surface area contributed by atoms with Gasteiger partial charge in [-0.3, -0.25) is 0 Å². The highest BCUT2D eigenvalue weighted by molar-refractivity contribution is 7.97. The molecule has 0 saturated heterocycles. The molecular formula is C22H21S+. The van der Waals surface area contributed by atoms with Crippen LogP contribution >= 0.6 is 0 Å². The minimum atomic E-state index is -0.0763. The molecule has 0 saturated carbocycles. The van der Waals surface area contributed by atoms with Crippen molar-refractivity contribution in [2.24, 2.45) is 0 Å². The van der Waals surface area contributed by atoms with Crippen molar-refractivity contribution in [1.29, 1.82) is 0 Å². The molecule has 0 aliphatic carbocycles. The minimum absolute atomic E-state index is 0.0763. The molecule has 0 unspecified atom stereocenters. The van der Waals surface area contributed by atoms with Gasteiger partial charge in [-0.25, -0.2) is 0 Å². The molecule has 4 rings (SSSR count). The molecule has 23 heavy (non-hydrogen) atoms. The van der Waals surface area contributed by atoms with E-state index in [1.54, 1.807) is 0 Å². The molecule has 1 aliphatic heterocycles. The largest absolute Gasteiger partial charge is 0.165 e. The molecule has 0 amide bonds. The maximum absolute atomic E-state index is 2.39. The van der Waals surface area contributed by atoms with Gasteiger partial charge in [0.05, 0.1) is 16.3 Å². The van der Waals surface area contributed by atoms with Crippen molar-refractivity contribution in [1.82, 2.24) is 0 Å². The van der Waals surface area contributed by atoms with Crippen LogP contribution in [0.2, 0.25) is 0 Å². The van der Waals surface area contributed by atoms with E-state index in [2.05, 4.69) is 92.7 Å². The van der Waals surface area contributed by atoms with Crippen LogP contribution in [0, 0.1) is 0 Å². The Balaban J connectivity index is 2.08. The summed E-state index contributed by atoms with van der Waals surface area (Å²) >= 11 is 0. The molecule has 3 aromatic carbocycles. The molecule has 0 atom stereocenters. The Morgan fingerprint density at radius 2 is 1.17 bits per heavy atom. The van der Waals surface area contributed by atoms with Crippen molar-refractivity contribution < 1.29 is 0 Å². The summed E-state index contributed by atoms with van der Waals surface area (Å²) in [5.74, 6) is 1.17. The van der Waals surface area contributed by atoms with Crippen LogP contribution in [-0.2, 0) is 16.3 Å². The molecular weight excluding hydrogens is 296 g/mol. The monoisotopic (exact) mass is 317 g/mol. The van der Waals surface area contributed by atoms with Crippen molar-refractivity contribution in [2.75, 3.05) is 5.75 Å². The fourth-order valence-corrected chi connectivity index (χ4v) is 6.27. The Kier molecular flexibility index (Phi) is 3.54. The van der Waals surface area contributed by atoms with Crippen LogP contribution in [0.5, 0.6) is 0 Å². The molecule has 114 valence electrons. The van der Waals surface area contributed by atoms with E-state index in [1.807, 2.05) is 0 Å². The fraction of sp³-hybridized carbons (Fsp3) is 0.182. The first-order chi connectivity index (χ1) is 11.3. The molecule has 0 radical (unpaired) electrons. The Morgan fingerprint density at radius 1 is 0.696 bits per heavy atom. The van der Waals surface area contributed by atoms with Crippen LogP contribution < -0.4 is 0 Å². The summed E-state index contributed by atoms with van der Waals surface area (Å²) in [6.45, 7) is 4.69. The summed E-state index contributed by atoms with van der Waals surface area (Å²) in [6.07, 6.45) is 0. The standard InChI is InChI=1S/C22H21S/c1-3-23-20-15-9-7-13-18(20)22(2,17-11-5-4-6-12-17)19-14-8-10-16-21(19)23/h4-16H,3H2,1-2H3/q+1. The van der Waals surface area contributed by atoms with Crippen LogP contribution in [0.1, 0.15) is 30.5 Å². The summed E-state index contributed by atoms with van der Waals surface area (Å²) in [7, 11) is 0.178. The van der Waals surface area contributed by atoms with E-state index in [0.29, 0.717) is 0 Å². The van der Waals surface area contributed by atoms with Crippen molar-refractivity contribution in [3.05, 3.63) is 95.6 Å². The summed E-state index contributed by atoms with van der Waals surface area (Å²) < 4.78 is 0. The Bertz CT molecular complexity index is 788. The second-order valence-electron chi connectivity index (χ2n) is 6.16. The first-order valence-corrected chi connectivity index (χ1v) is 9.61. The average molecular weight is 317 g/mol. The van der Waals surface area contributed by atoms with Gasteiger partial charge in [-0.2, -0.15) is 0 Å². The molecule has 0 N–H and O–H groups in total. The third-order valence-electron chi connectivity index (χ3n) is 5.02. The smallest absolute Gasteiger partial charge is 0.0622 e. The SMILES string of the molecule is CC[S+]1c2ccccc2C(C)(c2ccccc2)c2ccccc21. The predicted octanol–water partition coefficient (Wildman–Crippen LogP) is 5.41. The lowest BCUT2D eigenvalue weighted by molar-refractivity contribution is 0.652. The number of hydrogen-bond acceptors (Lipinski definition) is 0. The highest BCUT2D eigenvalue weighted by Crippen LogP contribution is 2.49. The number of rotatable bonds is 2. The second kappa shape index (κ2) is 5.58. The summed E-state index contributed by atoms with van der Waals surface area (Å²) in [5.41, 5.74) is 4.23. The van der Waals surface area contributed by atoms with E-state index in [0.717, 1.165) is 0 Å². The summed E-state index contributed by atoms with van der Waals surface area (Å²) in [4.78, 5) is 3.03.